The minimum atomic E-state index is -0.367. The van der Waals surface area contributed by atoms with Crippen LogP contribution in [0.5, 0.6) is 0 Å². The third-order valence-corrected chi connectivity index (χ3v) is 4.93. The molecule has 0 radical (unpaired) electrons. The topological polar surface area (TPSA) is 80.3 Å². The van der Waals surface area contributed by atoms with Crippen LogP contribution in [0.4, 0.5) is 0 Å². The van der Waals surface area contributed by atoms with E-state index in [1.54, 1.807) is 0 Å². The van der Waals surface area contributed by atoms with Crippen LogP contribution in [-0.4, -0.2) is 58.9 Å². The molecule has 1 aromatic rings. The molecule has 128 valence electrons. The van der Waals surface area contributed by atoms with E-state index < -0.39 is 0 Å². The van der Waals surface area contributed by atoms with Crippen molar-refractivity contribution in [3.63, 3.8) is 0 Å². The maximum atomic E-state index is 13.0. The number of hydrogen-bond donors (Lipinski definition) is 1. The Kier molecular flexibility index (Phi) is 4.68. The number of aryl methyl sites for hydroxylation is 1. The van der Waals surface area contributed by atoms with Crippen molar-refractivity contribution >= 4 is 5.91 Å². The first-order valence-electron chi connectivity index (χ1n) is 8.46. The molecule has 0 saturated carbocycles. The van der Waals surface area contributed by atoms with E-state index >= 15 is 0 Å². The van der Waals surface area contributed by atoms with Crippen molar-refractivity contribution in [2.75, 3.05) is 32.9 Å². The van der Waals surface area contributed by atoms with E-state index in [0.717, 1.165) is 18.7 Å². The maximum Gasteiger partial charge on any atom is 0.233 e. The van der Waals surface area contributed by atoms with Gasteiger partial charge in [-0.3, -0.25) is 9.89 Å². The van der Waals surface area contributed by atoms with Gasteiger partial charge in [0.05, 0.1) is 31.8 Å². The number of carbonyl (C=O) groups excluding carboxylic acids is 1. The van der Waals surface area contributed by atoms with E-state index in [0.29, 0.717) is 38.7 Å². The van der Waals surface area contributed by atoms with Crippen molar-refractivity contribution in [1.29, 1.82) is 0 Å². The highest BCUT2D eigenvalue weighted by Crippen LogP contribution is 2.38. The smallest absolute Gasteiger partial charge is 0.233 e. The van der Waals surface area contributed by atoms with Crippen molar-refractivity contribution in [3.8, 4) is 0 Å². The zero-order valence-corrected chi connectivity index (χ0v) is 14.2. The second-order valence-electron chi connectivity index (χ2n) is 6.80. The lowest BCUT2D eigenvalue weighted by atomic mass is 9.74. The molecule has 1 atom stereocenters. The first kappa shape index (κ1) is 16.4. The van der Waals surface area contributed by atoms with E-state index in [2.05, 4.69) is 36.0 Å². The van der Waals surface area contributed by atoms with Gasteiger partial charge in [-0.05, 0) is 12.3 Å². The van der Waals surface area contributed by atoms with Gasteiger partial charge < -0.3 is 14.4 Å². The summed E-state index contributed by atoms with van der Waals surface area (Å²) in [5.41, 5.74) is -0.367. The van der Waals surface area contributed by atoms with Gasteiger partial charge in [0.25, 0.3) is 0 Å². The summed E-state index contributed by atoms with van der Waals surface area (Å²) in [5.74, 6) is 1.97. The number of H-pyrrole nitrogens is 1. The number of nitrogens with zero attached hydrogens (tertiary/aromatic N) is 3. The fourth-order valence-corrected chi connectivity index (χ4v) is 3.13. The molecule has 2 aliphatic heterocycles. The molecule has 0 spiro atoms. The first-order valence-corrected chi connectivity index (χ1v) is 8.46. The van der Waals surface area contributed by atoms with Crippen LogP contribution in [-0.2, 0) is 20.7 Å². The van der Waals surface area contributed by atoms with Crippen LogP contribution in [0.2, 0.25) is 0 Å². The summed E-state index contributed by atoms with van der Waals surface area (Å²) in [5, 5.41) is 7.21. The molecule has 2 fully saturated rings. The predicted molar refractivity (Wildman–Crippen MR) is 83.7 cm³/mol. The third kappa shape index (κ3) is 2.99. The minimum Gasteiger partial charge on any atom is -0.379 e. The summed E-state index contributed by atoms with van der Waals surface area (Å²) in [6.45, 7) is 8.97. The van der Waals surface area contributed by atoms with E-state index in [1.165, 1.54) is 0 Å². The van der Waals surface area contributed by atoms with Crippen molar-refractivity contribution in [1.82, 2.24) is 20.1 Å². The Morgan fingerprint density at radius 2 is 2.26 bits per heavy atom. The molecule has 7 heteroatoms. The third-order valence-electron chi connectivity index (χ3n) is 4.93. The van der Waals surface area contributed by atoms with Gasteiger partial charge in [-0.2, -0.15) is 5.10 Å². The molecule has 2 aliphatic rings. The Hall–Kier alpha value is -1.47. The number of ether oxygens (including phenoxy) is 2. The average Bonchev–Trinajstić information content (AvgIpc) is 2.95. The number of hydrogen-bond acceptors (Lipinski definition) is 5. The molecule has 3 rings (SSSR count). The van der Waals surface area contributed by atoms with Gasteiger partial charge in [-0.1, -0.05) is 20.8 Å². The minimum absolute atomic E-state index is 0.177. The molecule has 0 aromatic carbocycles. The van der Waals surface area contributed by atoms with Gasteiger partial charge in [-0.25, -0.2) is 4.98 Å². The second-order valence-corrected chi connectivity index (χ2v) is 6.80. The average molecular weight is 322 g/mol. The normalized spacial score (nSPS) is 23.8. The van der Waals surface area contributed by atoms with Gasteiger partial charge in [0, 0.05) is 13.0 Å². The zero-order valence-electron chi connectivity index (χ0n) is 14.2. The quantitative estimate of drug-likeness (QED) is 0.884. The van der Waals surface area contributed by atoms with Gasteiger partial charge in [0.1, 0.15) is 11.9 Å². The van der Waals surface area contributed by atoms with E-state index in [4.69, 9.17) is 9.47 Å². The summed E-state index contributed by atoms with van der Waals surface area (Å²) in [6, 6.07) is 0. The number of morpholine rings is 1. The van der Waals surface area contributed by atoms with Gasteiger partial charge in [0.15, 0.2) is 5.82 Å². The summed E-state index contributed by atoms with van der Waals surface area (Å²) >= 11 is 0. The van der Waals surface area contributed by atoms with Gasteiger partial charge in [0.2, 0.25) is 5.91 Å². The lowest BCUT2D eigenvalue weighted by Gasteiger charge is -2.47. The van der Waals surface area contributed by atoms with Crippen LogP contribution in [0.25, 0.3) is 0 Å². The van der Waals surface area contributed by atoms with E-state index in [-0.39, 0.29) is 23.3 Å². The molecule has 3 heterocycles. The standard InChI is InChI=1S/C16H26N4O3/c1-4-5-13-17-14(19-18-13)12-8-20(6-7-23-12)15(21)16(11(2)3)9-22-10-16/h11-12H,4-10H2,1-3H3,(H,17,18,19). The molecule has 2 saturated heterocycles. The Bertz CT molecular complexity index is 553. The van der Waals surface area contributed by atoms with Crippen LogP contribution < -0.4 is 0 Å². The Balaban J connectivity index is 1.69. The SMILES string of the molecule is CCCc1nc(C2CN(C(=O)C3(C(C)C)COC3)CCO2)n[nH]1. The molecule has 1 aromatic heterocycles. The molecular weight excluding hydrogens is 296 g/mol. The Labute approximate surface area is 136 Å². The van der Waals surface area contributed by atoms with Crippen LogP contribution >= 0.6 is 0 Å². The zero-order chi connectivity index (χ0) is 16.4. The highest BCUT2D eigenvalue weighted by atomic mass is 16.5. The lowest BCUT2D eigenvalue weighted by Crippen LogP contribution is -2.60. The predicted octanol–water partition coefficient (Wildman–Crippen LogP) is 1.33. The molecule has 1 unspecified atom stereocenters. The number of aromatic amines is 1. The number of aromatic nitrogens is 3. The van der Waals surface area contributed by atoms with E-state index in [9.17, 15) is 4.79 Å². The largest absolute Gasteiger partial charge is 0.379 e. The second kappa shape index (κ2) is 6.57. The summed E-state index contributed by atoms with van der Waals surface area (Å²) < 4.78 is 11.1. The Morgan fingerprint density at radius 3 is 2.87 bits per heavy atom. The summed E-state index contributed by atoms with van der Waals surface area (Å²) in [7, 11) is 0. The van der Waals surface area contributed by atoms with Gasteiger partial charge >= 0.3 is 0 Å². The summed E-state index contributed by atoms with van der Waals surface area (Å²) in [6.07, 6.45) is 1.64. The van der Waals surface area contributed by atoms with Crippen molar-refractivity contribution < 1.29 is 14.3 Å². The number of carbonyl (C=O) groups is 1. The van der Waals surface area contributed by atoms with E-state index in [1.807, 2.05) is 4.90 Å². The highest BCUT2D eigenvalue weighted by Gasteiger charge is 2.51. The number of rotatable bonds is 5. The van der Waals surface area contributed by atoms with Crippen LogP contribution in [0, 0.1) is 11.3 Å². The lowest BCUT2D eigenvalue weighted by molar-refractivity contribution is -0.188. The van der Waals surface area contributed by atoms with Crippen molar-refractivity contribution in [3.05, 3.63) is 11.6 Å². The summed E-state index contributed by atoms with van der Waals surface area (Å²) in [4.78, 5) is 19.4. The number of amides is 1. The van der Waals surface area contributed by atoms with Gasteiger partial charge in [-0.15, -0.1) is 0 Å². The number of nitrogens with one attached hydrogen (secondary N) is 1. The molecule has 23 heavy (non-hydrogen) atoms. The van der Waals surface area contributed by atoms with Crippen molar-refractivity contribution in [2.45, 2.75) is 39.7 Å². The fraction of sp³-hybridized carbons (Fsp3) is 0.812. The van der Waals surface area contributed by atoms with Crippen molar-refractivity contribution in [2.24, 2.45) is 11.3 Å². The highest BCUT2D eigenvalue weighted by molar-refractivity contribution is 5.84. The fourth-order valence-electron chi connectivity index (χ4n) is 3.13. The molecule has 7 nitrogen and oxygen atoms in total. The molecule has 1 N–H and O–H groups in total. The monoisotopic (exact) mass is 322 g/mol. The molecular formula is C16H26N4O3. The van der Waals surface area contributed by atoms with Crippen LogP contribution in [0.3, 0.4) is 0 Å². The molecule has 0 aliphatic carbocycles. The Morgan fingerprint density at radius 1 is 1.48 bits per heavy atom. The first-order chi connectivity index (χ1) is 11.1. The maximum absolute atomic E-state index is 13.0. The molecule has 1 amide bonds. The molecule has 0 bridgehead atoms. The van der Waals surface area contributed by atoms with Crippen LogP contribution in [0.15, 0.2) is 0 Å². The van der Waals surface area contributed by atoms with Crippen LogP contribution in [0.1, 0.15) is 44.9 Å².